The summed E-state index contributed by atoms with van der Waals surface area (Å²) in [6, 6.07) is 14.8. The minimum atomic E-state index is -2.56. The predicted octanol–water partition coefficient (Wildman–Crippen LogP) is 4.14. The molecule has 1 aromatic heterocycles. The first-order valence-electron chi connectivity index (χ1n) is 8.24. The highest BCUT2D eigenvalue weighted by Gasteiger charge is 2.26. The summed E-state index contributed by atoms with van der Waals surface area (Å²) in [7, 11) is 0. The van der Waals surface area contributed by atoms with Gasteiger partial charge in [0, 0.05) is 22.5 Å². The largest absolute Gasteiger partial charge is 0.767 e. The maximum atomic E-state index is 13.3. The molecule has 3 aromatic rings. The van der Waals surface area contributed by atoms with Crippen LogP contribution in [-0.4, -0.2) is 18.4 Å². The van der Waals surface area contributed by atoms with Gasteiger partial charge in [0.15, 0.2) is 0 Å². The summed E-state index contributed by atoms with van der Waals surface area (Å²) in [4.78, 5) is 0. The molecule has 0 amide bonds. The van der Waals surface area contributed by atoms with Gasteiger partial charge in [-0.05, 0) is 46.8 Å². The lowest BCUT2D eigenvalue weighted by Gasteiger charge is -2.18. The Morgan fingerprint density at radius 1 is 1.12 bits per heavy atom. The number of nitrogens with zero attached hydrogens (tertiary/aromatic N) is 1. The van der Waals surface area contributed by atoms with Crippen molar-refractivity contribution >= 4 is 11.1 Å². The molecular weight excluding hydrogens is 353 g/mol. The molecule has 3 rings (SSSR count). The number of aliphatic hydroxyl groups is 1. The Labute approximate surface area is 154 Å². The van der Waals surface area contributed by atoms with E-state index in [1.54, 1.807) is 4.57 Å². The summed E-state index contributed by atoms with van der Waals surface area (Å²) < 4.78 is 39.4. The molecule has 0 fully saturated rings. The Bertz CT molecular complexity index is 934. The Morgan fingerprint density at radius 3 is 2.23 bits per heavy atom. The number of benzene rings is 2. The standard InChI is InChI=1S/C20H20FNO3S/c1-13(2)19-17(12-23)18(14-8-10-15(21)11-9-14)20(26(24)25)22(19)16-6-4-3-5-7-16/h3-11,13,23H,12H2,1-2H3,(H,24,25)/p-1. The van der Waals surface area contributed by atoms with Gasteiger partial charge in [-0.1, -0.05) is 44.2 Å². The summed E-state index contributed by atoms with van der Waals surface area (Å²) in [5.41, 5.74) is 2.91. The third kappa shape index (κ3) is 3.23. The zero-order chi connectivity index (χ0) is 18.8. The van der Waals surface area contributed by atoms with Crippen molar-refractivity contribution in [1.29, 1.82) is 0 Å². The Hall–Kier alpha value is -2.28. The SMILES string of the molecule is CC(C)c1c(CO)c(-c2ccc(F)cc2)c(S(=O)[O-])n1-c1ccccc1. The van der Waals surface area contributed by atoms with Gasteiger partial charge >= 0.3 is 0 Å². The summed E-state index contributed by atoms with van der Waals surface area (Å²) >= 11 is -2.56. The van der Waals surface area contributed by atoms with E-state index in [4.69, 9.17) is 0 Å². The molecule has 0 radical (unpaired) electrons. The molecule has 136 valence electrons. The second kappa shape index (κ2) is 7.53. The van der Waals surface area contributed by atoms with Gasteiger partial charge in [-0.15, -0.1) is 0 Å². The van der Waals surface area contributed by atoms with Crippen molar-refractivity contribution < 1.29 is 18.3 Å². The minimum absolute atomic E-state index is 0.0335. The first-order valence-corrected chi connectivity index (χ1v) is 9.32. The highest BCUT2D eigenvalue weighted by atomic mass is 32.2. The molecule has 0 aliphatic rings. The van der Waals surface area contributed by atoms with Crippen molar-refractivity contribution in [3.63, 3.8) is 0 Å². The van der Waals surface area contributed by atoms with Crippen molar-refractivity contribution in [2.75, 3.05) is 0 Å². The molecule has 0 saturated carbocycles. The number of aliphatic hydroxyl groups excluding tert-OH is 1. The molecule has 26 heavy (non-hydrogen) atoms. The van der Waals surface area contributed by atoms with Crippen LogP contribution in [0.25, 0.3) is 16.8 Å². The first-order chi connectivity index (χ1) is 12.5. The Kier molecular flexibility index (Phi) is 5.36. The summed E-state index contributed by atoms with van der Waals surface area (Å²) in [5, 5.41) is 10.1. The van der Waals surface area contributed by atoms with Crippen LogP contribution < -0.4 is 0 Å². The van der Waals surface area contributed by atoms with Crippen LogP contribution in [0.5, 0.6) is 0 Å². The average molecular weight is 372 g/mol. The van der Waals surface area contributed by atoms with Crippen molar-refractivity contribution in [3.05, 3.63) is 71.7 Å². The van der Waals surface area contributed by atoms with Gasteiger partial charge in [-0.2, -0.15) is 0 Å². The maximum absolute atomic E-state index is 13.3. The van der Waals surface area contributed by atoms with E-state index in [0.717, 1.165) is 5.69 Å². The molecule has 1 N–H and O–H groups in total. The van der Waals surface area contributed by atoms with E-state index in [2.05, 4.69) is 0 Å². The fraction of sp³-hybridized carbons (Fsp3) is 0.200. The number of halogens is 1. The first kappa shape index (κ1) is 18.5. The lowest BCUT2D eigenvalue weighted by Crippen LogP contribution is -2.08. The molecule has 0 aliphatic carbocycles. The molecule has 4 nitrogen and oxygen atoms in total. The normalized spacial score (nSPS) is 12.5. The van der Waals surface area contributed by atoms with Crippen LogP contribution in [0.15, 0.2) is 59.6 Å². The van der Waals surface area contributed by atoms with Gasteiger partial charge in [0.1, 0.15) is 10.8 Å². The van der Waals surface area contributed by atoms with E-state index >= 15 is 0 Å². The third-order valence-electron chi connectivity index (χ3n) is 4.28. The second-order valence-electron chi connectivity index (χ2n) is 6.27. The maximum Gasteiger partial charge on any atom is 0.123 e. The highest BCUT2D eigenvalue weighted by Crippen LogP contribution is 2.40. The van der Waals surface area contributed by atoms with Gasteiger partial charge in [0.2, 0.25) is 0 Å². The van der Waals surface area contributed by atoms with E-state index < -0.39 is 16.9 Å². The van der Waals surface area contributed by atoms with Crippen LogP contribution in [0.3, 0.4) is 0 Å². The number of hydrogen-bond acceptors (Lipinski definition) is 3. The smallest absolute Gasteiger partial charge is 0.123 e. The molecule has 1 unspecified atom stereocenters. The molecule has 0 saturated heterocycles. The molecular formula is C20H19FNO3S-. The van der Waals surface area contributed by atoms with E-state index in [0.29, 0.717) is 22.4 Å². The molecule has 2 aromatic carbocycles. The molecule has 1 atom stereocenters. The molecule has 0 spiro atoms. The van der Waals surface area contributed by atoms with E-state index in [1.807, 2.05) is 44.2 Å². The number of rotatable bonds is 5. The molecule has 0 bridgehead atoms. The van der Waals surface area contributed by atoms with Gasteiger partial charge in [0.05, 0.1) is 6.61 Å². The van der Waals surface area contributed by atoms with Gasteiger partial charge in [-0.3, -0.25) is 4.21 Å². The van der Waals surface area contributed by atoms with Crippen LogP contribution in [0.2, 0.25) is 0 Å². The van der Waals surface area contributed by atoms with Crippen molar-refractivity contribution in [2.45, 2.75) is 31.4 Å². The summed E-state index contributed by atoms with van der Waals surface area (Å²) in [5.74, 6) is -0.440. The Morgan fingerprint density at radius 2 is 1.73 bits per heavy atom. The van der Waals surface area contributed by atoms with Gasteiger partial charge in [0.25, 0.3) is 0 Å². The van der Waals surface area contributed by atoms with E-state index in [9.17, 15) is 18.3 Å². The topological polar surface area (TPSA) is 65.3 Å². The fourth-order valence-corrected chi connectivity index (χ4v) is 4.05. The van der Waals surface area contributed by atoms with Gasteiger partial charge < -0.3 is 14.2 Å². The summed E-state index contributed by atoms with van der Waals surface area (Å²) in [6.07, 6.45) is 0. The van der Waals surface area contributed by atoms with Crippen LogP contribution in [0.4, 0.5) is 4.39 Å². The second-order valence-corrected chi connectivity index (χ2v) is 7.13. The number of hydrogen-bond donors (Lipinski definition) is 1. The fourth-order valence-electron chi connectivity index (χ4n) is 3.29. The zero-order valence-corrected chi connectivity index (χ0v) is 15.3. The van der Waals surface area contributed by atoms with Crippen molar-refractivity contribution in [1.82, 2.24) is 4.57 Å². The Balaban J connectivity index is 2.44. The minimum Gasteiger partial charge on any atom is -0.767 e. The third-order valence-corrected chi connectivity index (χ3v) is 4.98. The van der Waals surface area contributed by atoms with Crippen molar-refractivity contribution in [2.24, 2.45) is 0 Å². The molecule has 0 aliphatic heterocycles. The summed E-state index contributed by atoms with van der Waals surface area (Å²) in [6.45, 7) is 3.57. The highest BCUT2D eigenvalue weighted by molar-refractivity contribution is 7.79. The lowest BCUT2D eigenvalue weighted by molar-refractivity contribution is 0.280. The monoisotopic (exact) mass is 372 g/mol. The number of aromatic nitrogens is 1. The van der Waals surface area contributed by atoms with Crippen LogP contribution in [-0.2, 0) is 17.7 Å². The van der Waals surface area contributed by atoms with Crippen LogP contribution in [0.1, 0.15) is 31.0 Å². The number of para-hydroxylation sites is 1. The zero-order valence-electron chi connectivity index (χ0n) is 14.5. The van der Waals surface area contributed by atoms with Crippen LogP contribution in [0, 0.1) is 5.82 Å². The average Bonchev–Trinajstić information content (AvgIpc) is 2.98. The predicted molar refractivity (Wildman–Crippen MR) is 98.4 cm³/mol. The molecule has 6 heteroatoms. The molecule has 1 heterocycles. The van der Waals surface area contributed by atoms with Crippen LogP contribution >= 0.6 is 0 Å². The quantitative estimate of drug-likeness (QED) is 0.685. The van der Waals surface area contributed by atoms with Gasteiger partial charge in [-0.25, -0.2) is 4.39 Å². The van der Waals surface area contributed by atoms with E-state index in [-0.39, 0.29) is 17.6 Å². The van der Waals surface area contributed by atoms with Crippen molar-refractivity contribution in [3.8, 4) is 16.8 Å². The van der Waals surface area contributed by atoms with E-state index in [1.165, 1.54) is 24.3 Å². The lowest BCUT2D eigenvalue weighted by atomic mass is 9.99.